The minimum atomic E-state index is -0.0813. The largest absolute Gasteiger partial charge is 0.466 e. The number of hydrogen-bond acceptors (Lipinski definition) is 4. The van der Waals surface area contributed by atoms with Gasteiger partial charge in [-0.15, -0.1) is 0 Å². The standard InChI is InChI=1S/C13H26N2O2/c1-4-15(12-7-6-8-14-10-12)11(3)9-13(16)17-5-2/h11-12,14H,4-10H2,1-3H3. The summed E-state index contributed by atoms with van der Waals surface area (Å²) in [5.74, 6) is -0.0813. The summed E-state index contributed by atoms with van der Waals surface area (Å²) in [5, 5.41) is 3.43. The summed E-state index contributed by atoms with van der Waals surface area (Å²) in [6.07, 6.45) is 2.96. The smallest absolute Gasteiger partial charge is 0.307 e. The number of nitrogens with one attached hydrogen (secondary N) is 1. The first kappa shape index (κ1) is 14.5. The number of piperidine rings is 1. The molecule has 4 heteroatoms. The SMILES string of the molecule is CCOC(=O)CC(C)N(CC)C1CCCNC1. The molecule has 0 bridgehead atoms. The fraction of sp³-hybridized carbons (Fsp3) is 0.923. The highest BCUT2D eigenvalue weighted by Crippen LogP contribution is 2.15. The number of likely N-dealkylation sites (N-methyl/N-ethyl adjacent to an activating group) is 1. The lowest BCUT2D eigenvalue weighted by Crippen LogP contribution is -2.50. The van der Waals surface area contributed by atoms with Gasteiger partial charge >= 0.3 is 5.97 Å². The summed E-state index contributed by atoms with van der Waals surface area (Å²) in [4.78, 5) is 13.9. The predicted octanol–water partition coefficient (Wildman–Crippen LogP) is 1.40. The normalized spacial score (nSPS) is 22.5. The lowest BCUT2D eigenvalue weighted by molar-refractivity contribution is -0.144. The molecular weight excluding hydrogens is 216 g/mol. The summed E-state index contributed by atoms with van der Waals surface area (Å²) in [6.45, 7) is 9.77. The van der Waals surface area contributed by atoms with Crippen LogP contribution in [0.15, 0.2) is 0 Å². The van der Waals surface area contributed by atoms with Crippen molar-refractivity contribution < 1.29 is 9.53 Å². The zero-order chi connectivity index (χ0) is 12.7. The number of nitrogens with zero attached hydrogens (tertiary/aromatic N) is 1. The lowest BCUT2D eigenvalue weighted by atomic mass is 10.0. The van der Waals surface area contributed by atoms with E-state index in [0.717, 1.165) is 19.6 Å². The van der Waals surface area contributed by atoms with Crippen molar-refractivity contribution >= 4 is 5.97 Å². The Morgan fingerprint density at radius 3 is 2.82 bits per heavy atom. The van der Waals surface area contributed by atoms with Gasteiger partial charge in [-0.25, -0.2) is 0 Å². The van der Waals surface area contributed by atoms with Crippen molar-refractivity contribution in [1.29, 1.82) is 0 Å². The van der Waals surface area contributed by atoms with E-state index in [1.807, 2.05) is 6.92 Å². The van der Waals surface area contributed by atoms with E-state index < -0.39 is 0 Å². The molecule has 0 aromatic heterocycles. The third-order valence-corrected chi connectivity index (χ3v) is 3.44. The molecule has 0 aromatic rings. The average Bonchev–Trinajstić information content (AvgIpc) is 2.31. The molecule has 1 rings (SSSR count). The minimum absolute atomic E-state index is 0.0813. The third-order valence-electron chi connectivity index (χ3n) is 3.44. The molecule has 0 radical (unpaired) electrons. The second kappa shape index (κ2) is 7.67. The second-order valence-electron chi connectivity index (χ2n) is 4.69. The molecule has 2 unspecified atom stereocenters. The van der Waals surface area contributed by atoms with Gasteiger partial charge in [0.05, 0.1) is 13.0 Å². The van der Waals surface area contributed by atoms with Crippen LogP contribution in [0.25, 0.3) is 0 Å². The van der Waals surface area contributed by atoms with Crippen molar-refractivity contribution in [3.63, 3.8) is 0 Å². The number of carbonyl (C=O) groups excluding carboxylic acids is 1. The number of hydrogen-bond donors (Lipinski definition) is 1. The third kappa shape index (κ3) is 4.64. The highest BCUT2D eigenvalue weighted by Gasteiger charge is 2.25. The molecule has 2 atom stereocenters. The van der Waals surface area contributed by atoms with Crippen molar-refractivity contribution in [3.8, 4) is 0 Å². The Bertz CT molecular complexity index is 227. The molecule has 17 heavy (non-hydrogen) atoms. The fourth-order valence-corrected chi connectivity index (χ4v) is 2.62. The molecular formula is C13H26N2O2. The van der Waals surface area contributed by atoms with Crippen LogP contribution in [0, 0.1) is 0 Å². The summed E-state index contributed by atoms with van der Waals surface area (Å²) in [6, 6.07) is 0.835. The maximum absolute atomic E-state index is 11.5. The van der Waals surface area contributed by atoms with Gasteiger partial charge in [-0.3, -0.25) is 9.69 Å². The van der Waals surface area contributed by atoms with Gasteiger partial charge in [-0.1, -0.05) is 6.92 Å². The van der Waals surface area contributed by atoms with Crippen LogP contribution < -0.4 is 5.32 Å². The molecule has 0 amide bonds. The quantitative estimate of drug-likeness (QED) is 0.715. The molecule has 100 valence electrons. The first-order valence-electron chi connectivity index (χ1n) is 6.81. The van der Waals surface area contributed by atoms with E-state index in [1.165, 1.54) is 12.8 Å². The maximum Gasteiger partial charge on any atom is 0.307 e. The Morgan fingerprint density at radius 1 is 1.53 bits per heavy atom. The van der Waals surface area contributed by atoms with Gasteiger partial charge in [0, 0.05) is 18.6 Å². The van der Waals surface area contributed by atoms with E-state index in [2.05, 4.69) is 24.1 Å². The molecule has 1 N–H and O–H groups in total. The van der Waals surface area contributed by atoms with E-state index >= 15 is 0 Å². The molecule has 1 heterocycles. The highest BCUT2D eigenvalue weighted by atomic mass is 16.5. The lowest BCUT2D eigenvalue weighted by Gasteiger charge is -2.37. The fourth-order valence-electron chi connectivity index (χ4n) is 2.62. The molecule has 1 aliphatic heterocycles. The van der Waals surface area contributed by atoms with Gasteiger partial charge in [0.25, 0.3) is 0 Å². The van der Waals surface area contributed by atoms with Gasteiger partial charge in [0.1, 0.15) is 0 Å². The topological polar surface area (TPSA) is 41.6 Å². The van der Waals surface area contributed by atoms with Crippen LogP contribution in [-0.2, 0) is 9.53 Å². The molecule has 1 fully saturated rings. The van der Waals surface area contributed by atoms with Crippen molar-refractivity contribution in [2.24, 2.45) is 0 Å². The minimum Gasteiger partial charge on any atom is -0.466 e. The Kier molecular flexibility index (Phi) is 6.52. The van der Waals surface area contributed by atoms with E-state index in [-0.39, 0.29) is 12.0 Å². The molecule has 0 aliphatic carbocycles. The predicted molar refractivity (Wildman–Crippen MR) is 69.0 cm³/mol. The van der Waals surface area contributed by atoms with E-state index in [9.17, 15) is 4.79 Å². The number of carbonyl (C=O) groups is 1. The van der Waals surface area contributed by atoms with Crippen LogP contribution in [0.5, 0.6) is 0 Å². The van der Waals surface area contributed by atoms with Crippen molar-refractivity contribution in [2.45, 2.75) is 52.1 Å². The summed E-state index contributed by atoms with van der Waals surface area (Å²) in [7, 11) is 0. The summed E-state index contributed by atoms with van der Waals surface area (Å²) >= 11 is 0. The van der Waals surface area contributed by atoms with E-state index in [0.29, 0.717) is 19.1 Å². The molecule has 1 saturated heterocycles. The maximum atomic E-state index is 11.5. The Hall–Kier alpha value is -0.610. The zero-order valence-electron chi connectivity index (χ0n) is 11.4. The zero-order valence-corrected chi connectivity index (χ0v) is 11.4. The Balaban J connectivity index is 2.44. The molecule has 1 aliphatic rings. The van der Waals surface area contributed by atoms with Crippen LogP contribution in [0.4, 0.5) is 0 Å². The van der Waals surface area contributed by atoms with Gasteiger partial charge < -0.3 is 10.1 Å². The van der Waals surface area contributed by atoms with Gasteiger partial charge in [-0.05, 0) is 39.8 Å². The van der Waals surface area contributed by atoms with Crippen molar-refractivity contribution in [2.75, 3.05) is 26.2 Å². The van der Waals surface area contributed by atoms with Crippen LogP contribution in [-0.4, -0.2) is 49.2 Å². The van der Waals surface area contributed by atoms with Crippen molar-refractivity contribution in [1.82, 2.24) is 10.2 Å². The summed E-state index contributed by atoms with van der Waals surface area (Å²) in [5.41, 5.74) is 0. The van der Waals surface area contributed by atoms with E-state index in [4.69, 9.17) is 4.74 Å². The van der Waals surface area contributed by atoms with Crippen LogP contribution in [0.2, 0.25) is 0 Å². The summed E-state index contributed by atoms with van der Waals surface area (Å²) < 4.78 is 5.01. The number of esters is 1. The Labute approximate surface area is 105 Å². The van der Waals surface area contributed by atoms with Crippen molar-refractivity contribution in [3.05, 3.63) is 0 Å². The van der Waals surface area contributed by atoms with E-state index in [1.54, 1.807) is 0 Å². The Morgan fingerprint density at radius 2 is 2.29 bits per heavy atom. The highest BCUT2D eigenvalue weighted by molar-refractivity contribution is 5.70. The molecule has 0 aromatic carbocycles. The first-order valence-corrected chi connectivity index (χ1v) is 6.81. The van der Waals surface area contributed by atoms with Crippen LogP contribution in [0.1, 0.15) is 40.0 Å². The molecule has 4 nitrogen and oxygen atoms in total. The number of ether oxygens (including phenoxy) is 1. The average molecular weight is 242 g/mol. The van der Waals surface area contributed by atoms with Gasteiger partial charge in [-0.2, -0.15) is 0 Å². The number of rotatable bonds is 6. The second-order valence-corrected chi connectivity index (χ2v) is 4.69. The molecule has 0 saturated carbocycles. The van der Waals surface area contributed by atoms with Gasteiger partial charge in [0.15, 0.2) is 0 Å². The van der Waals surface area contributed by atoms with Crippen LogP contribution in [0.3, 0.4) is 0 Å². The monoisotopic (exact) mass is 242 g/mol. The van der Waals surface area contributed by atoms with Crippen LogP contribution >= 0.6 is 0 Å². The molecule has 0 spiro atoms. The van der Waals surface area contributed by atoms with Gasteiger partial charge in [0.2, 0.25) is 0 Å². The first-order chi connectivity index (χ1) is 8.19.